The summed E-state index contributed by atoms with van der Waals surface area (Å²) < 4.78 is 64.9. The molecule has 2 amide bonds. The number of aliphatic hydroxyl groups is 1. The summed E-state index contributed by atoms with van der Waals surface area (Å²) in [4.78, 5) is 29.8. The molecule has 13 heteroatoms. The number of hydrogen-bond acceptors (Lipinski definition) is 6. The number of amides is 2. The highest BCUT2D eigenvalue weighted by atomic mass is 19.4. The Hall–Kier alpha value is -4.78. The summed E-state index contributed by atoms with van der Waals surface area (Å²) in [6, 6.07) is 14.5. The molecule has 0 spiro atoms. The number of rotatable bonds is 7. The van der Waals surface area contributed by atoms with Crippen molar-refractivity contribution >= 4 is 11.8 Å². The molecule has 5 rings (SSSR count). The Labute approximate surface area is 243 Å². The van der Waals surface area contributed by atoms with Gasteiger partial charge < -0.3 is 20.9 Å². The van der Waals surface area contributed by atoms with Crippen LogP contribution in [0.25, 0.3) is 16.9 Å². The van der Waals surface area contributed by atoms with Crippen LogP contribution in [0.4, 0.5) is 17.6 Å². The number of carbonyl (C=O) groups is 2. The van der Waals surface area contributed by atoms with Crippen LogP contribution in [0.15, 0.2) is 60.7 Å². The number of fused-ring (bicyclic) bond motifs is 1. The lowest BCUT2D eigenvalue weighted by Crippen LogP contribution is -2.52. The normalized spacial score (nSPS) is 17.6. The van der Waals surface area contributed by atoms with E-state index in [1.165, 1.54) is 23.7 Å². The molecule has 4 N–H and O–H groups in total. The van der Waals surface area contributed by atoms with Crippen molar-refractivity contribution in [1.29, 1.82) is 0 Å². The molecule has 0 fully saturated rings. The number of aromatic nitrogens is 3. The molecule has 4 aromatic rings. The zero-order chi connectivity index (χ0) is 31.3. The summed E-state index contributed by atoms with van der Waals surface area (Å²) >= 11 is 0. The first-order chi connectivity index (χ1) is 20.2. The average Bonchev–Trinajstić information content (AvgIpc) is 3.47. The van der Waals surface area contributed by atoms with Crippen molar-refractivity contribution in [1.82, 2.24) is 20.1 Å². The zero-order valence-electron chi connectivity index (χ0n) is 23.3. The van der Waals surface area contributed by atoms with Gasteiger partial charge in [0.05, 0.1) is 34.9 Å². The van der Waals surface area contributed by atoms with E-state index < -0.39 is 47.1 Å². The second kappa shape index (κ2) is 10.5. The number of ether oxygens (including phenoxy) is 1. The maximum atomic E-state index is 14.7. The Morgan fingerprint density at radius 1 is 1.12 bits per heavy atom. The third-order valence-corrected chi connectivity index (χ3v) is 7.65. The Bertz CT molecular complexity index is 1720. The van der Waals surface area contributed by atoms with Gasteiger partial charge in [-0.05, 0) is 63.2 Å². The maximum Gasteiger partial charge on any atom is 0.424 e. The minimum atomic E-state index is -5.34. The quantitative estimate of drug-likeness (QED) is 0.276. The van der Waals surface area contributed by atoms with Gasteiger partial charge in [0.25, 0.3) is 5.91 Å². The van der Waals surface area contributed by atoms with Crippen molar-refractivity contribution < 1.29 is 37.0 Å². The fourth-order valence-corrected chi connectivity index (χ4v) is 5.03. The highest BCUT2D eigenvalue weighted by Gasteiger charge is 2.57. The molecule has 0 aliphatic carbocycles. The van der Waals surface area contributed by atoms with Crippen LogP contribution in [0.2, 0.25) is 0 Å². The highest BCUT2D eigenvalue weighted by molar-refractivity contribution is 5.96. The minimum Gasteiger partial charge on any atom is -0.489 e. The van der Waals surface area contributed by atoms with Crippen molar-refractivity contribution in [2.24, 2.45) is 5.73 Å². The molecule has 0 radical (unpaired) electrons. The number of hydrogen-bond donors (Lipinski definition) is 3. The van der Waals surface area contributed by atoms with E-state index in [-0.39, 0.29) is 40.4 Å². The number of halogens is 4. The summed E-state index contributed by atoms with van der Waals surface area (Å²) in [5.41, 5.74) is 0.699. The zero-order valence-corrected chi connectivity index (χ0v) is 23.3. The van der Waals surface area contributed by atoms with Gasteiger partial charge in [0, 0.05) is 11.1 Å². The summed E-state index contributed by atoms with van der Waals surface area (Å²) in [6.07, 6.45) is -5.34. The van der Waals surface area contributed by atoms with E-state index in [4.69, 9.17) is 10.5 Å². The van der Waals surface area contributed by atoms with Gasteiger partial charge in [0.1, 0.15) is 29.3 Å². The highest BCUT2D eigenvalue weighted by Crippen LogP contribution is 2.47. The third-order valence-electron chi connectivity index (χ3n) is 7.65. The molecule has 9 nitrogen and oxygen atoms in total. The van der Waals surface area contributed by atoms with Crippen molar-refractivity contribution in [3.8, 4) is 22.7 Å². The van der Waals surface area contributed by atoms with E-state index >= 15 is 0 Å². The Morgan fingerprint density at radius 3 is 2.37 bits per heavy atom. The van der Waals surface area contributed by atoms with Gasteiger partial charge in [0.2, 0.25) is 11.5 Å². The number of nitrogens with one attached hydrogen (secondary N) is 1. The second-order valence-corrected chi connectivity index (χ2v) is 10.6. The fraction of sp³-hybridized carbons (Fsp3) is 0.267. The van der Waals surface area contributed by atoms with Gasteiger partial charge in [-0.2, -0.15) is 18.3 Å². The van der Waals surface area contributed by atoms with E-state index in [1.54, 1.807) is 44.2 Å². The van der Waals surface area contributed by atoms with E-state index in [0.29, 0.717) is 11.4 Å². The largest absolute Gasteiger partial charge is 0.489 e. The predicted octanol–water partition coefficient (Wildman–Crippen LogP) is 4.01. The lowest BCUT2D eigenvalue weighted by atomic mass is 9.81. The van der Waals surface area contributed by atoms with E-state index in [9.17, 15) is 32.3 Å². The lowest BCUT2D eigenvalue weighted by Gasteiger charge is -2.31. The Morgan fingerprint density at radius 2 is 1.77 bits per heavy atom. The van der Waals surface area contributed by atoms with Gasteiger partial charge in [-0.3, -0.25) is 9.59 Å². The number of aryl methyl sites for hydroxylation is 1. The lowest BCUT2D eigenvalue weighted by molar-refractivity contribution is -0.265. The first-order valence-electron chi connectivity index (χ1n) is 13.1. The molecule has 1 aliphatic rings. The van der Waals surface area contributed by atoms with Crippen LogP contribution in [0.3, 0.4) is 0 Å². The molecule has 224 valence electrons. The fourth-order valence-electron chi connectivity index (χ4n) is 5.03. The molecule has 0 unspecified atom stereocenters. The smallest absolute Gasteiger partial charge is 0.424 e. The Kier molecular flexibility index (Phi) is 7.25. The number of para-hydroxylation sites is 1. The maximum absolute atomic E-state index is 14.7. The van der Waals surface area contributed by atoms with Crippen molar-refractivity contribution in [2.75, 3.05) is 13.2 Å². The monoisotopic (exact) mass is 597 g/mol. The van der Waals surface area contributed by atoms with E-state index in [0.717, 1.165) is 18.2 Å². The SMILES string of the molecule is Cc1nn(-c2ccccc2)c(C)c1C(=O)NC[C@](O)(c1cc2c(c(-c3ccc(F)cc3)n1)OC[C@]2(C)C(N)=O)C(F)(F)F. The summed E-state index contributed by atoms with van der Waals surface area (Å²) in [6.45, 7) is 2.91. The van der Waals surface area contributed by atoms with Gasteiger partial charge >= 0.3 is 6.18 Å². The topological polar surface area (TPSA) is 132 Å². The molecule has 1 aliphatic heterocycles. The minimum absolute atomic E-state index is 0.0233. The summed E-state index contributed by atoms with van der Waals surface area (Å²) in [7, 11) is 0. The van der Waals surface area contributed by atoms with Crippen LogP contribution in [-0.2, 0) is 15.8 Å². The molecule has 2 aromatic heterocycles. The van der Waals surface area contributed by atoms with Crippen LogP contribution in [0.1, 0.15) is 39.9 Å². The molecule has 43 heavy (non-hydrogen) atoms. The van der Waals surface area contributed by atoms with Gasteiger partial charge in [-0.25, -0.2) is 14.1 Å². The van der Waals surface area contributed by atoms with Crippen LogP contribution >= 0.6 is 0 Å². The predicted molar refractivity (Wildman–Crippen MR) is 147 cm³/mol. The number of benzene rings is 2. The molecular weight excluding hydrogens is 570 g/mol. The number of nitrogens with zero attached hydrogens (tertiary/aromatic N) is 3. The molecular formula is C30H27F4N5O4. The third kappa shape index (κ3) is 4.99. The van der Waals surface area contributed by atoms with Crippen LogP contribution in [-0.4, -0.2) is 51.0 Å². The molecule has 0 bridgehead atoms. The first-order valence-corrected chi connectivity index (χ1v) is 13.1. The number of carbonyl (C=O) groups excluding carboxylic acids is 2. The first kappa shape index (κ1) is 29.7. The Balaban J connectivity index is 1.58. The molecule has 0 saturated heterocycles. The van der Waals surface area contributed by atoms with Gasteiger partial charge in [-0.1, -0.05) is 18.2 Å². The van der Waals surface area contributed by atoms with Crippen molar-refractivity contribution in [3.63, 3.8) is 0 Å². The van der Waals surface area contributed by atoms with Crippen molar-refractivity contribution in [2.45, 2.75) is 38.0 Å². The van der Waals surface area contributed by atoms with Crippen LogP contribution in [0, 0.1) is 19.7 Å². The molecule has 2 aromatic carbocycles. The van der Waals surface area contributed by atoms with Gasteiger partial charge in [-0.15, -0.1) is 0 Å². The van der Waals surface area contributed by atoms with Crippen molar-refractivity contribution in [3.05, 3.63) is 94.7 Å². The average molecular weight is 598 g/mol. The standard InChI is InChI=1S/C30H27F4N5O4/c1-16-23(17(2)39(38-16)20-7-5-4-6-8-20)26(40)36-14-29(42,30(32,33)34)22-13-21-25(43-15-28(21,3)27(35)41)24(37-22)18-9-11-19(31)12-10-18/h4-13,42H,14-15H2,1-3H3,(H2,35,41)(H,36,40)/t28-,29-/m0/s1. The van der Waals surface area contributed by atoms with E-state index in [1.807, 2.05) is 0 Å². The van der Waals surface area contributed by atoms with Crippen LogP contribution < -0.4 is 15.8 Å². The van der Waals surface area contributed by atoms with Gasteiger partial charge in [0.15, 0.2) is 0 Å². The van der Waals surface area contributed by atoms with E-state index in [2.05, 4.69) is 15.4 Å². The molecule has 0 saturated carbocycles. The summed E-state index contributed by atoms with van der Waals surface area (Å²) in [5, 5.41) is 17.8. The molecule has 3 heterocycles. The molecule has 2 atom stereocenters. The number of pyridine rings is 1. The van der Waals surface area contributed by atoms with Crippen LogP contribution in [0.5, 0.6) is 5.75 Å². The number of alkyl halides is 3. The summed E-state index contributed by atoms with van der Waals surface area (Å²) in [5.74, 6) is -2.40. The second-order valence-electron chi connectivity index (χ2n) is 10.6. The number of primary amides is 1. The number of nitrogens with two attached hydrogens (primary N) is 1.